The van der Waals surface area contributed by atoms with Crippen LogP contribution in [0.25, 0.3) is 0 Å². The molecule has 0 unspecified atom stereocenters. The van der Waals surface area contributed by atoms with Crippen LogP contribution in [0.1, 0.15) is 32.1 Å². The number of amides is 4. The van der Waals surface area contributed by atoms with Gasteiger partial charge in [-0.25, -0.2) is 13.6 Å². The molecule has 0 aliphatic carbocycles. The average molecular weight is 466 g/mol. The summed E-state index contributed by atoms with van der Waals surface area (Å²) in [6.07, 6.45) is 2.18. The van der Waals surface area contributed by atoms with Crippen molar-refractivity contribution in [3.8, 4) is 0 Å². The molecule has 3 heterocycles. The van der Waals surface area contributed by atoms with E-state index in [1.807, 2.05) is 4.90 Å². The van der Waals surface area contributed by atoms with Gasteiger partial charge in [-0.3, -0.25) is 14.5 Å². The SMILES string of the molecule is O=C(Nc1ccc(F)cc1F)N[C@H]1C[C@H]2C(=O)NC[C@@H](CCC(=O)N3CCC(O)CC3)N2C1. The van der Waals surface area contributed by atoms with Crippen molar-refractivity contribution in [1.82, 2.24) is 20.4 Å². The van der Waals surface area contributed by atoms with Crippen LogP contribution in [0.15, 0.2) is 18.2 Å². The van der Waals surface area contributed by atoms with Gasteiger partial charge in [-0.1, -0.05) is 0 Å². The number of hydrogen-bond acceptors (Lipinski definition) is 5. The van der Waals surface area contributed by atoms with Crippen molar-refractivity contribution in [3.05, 3.63) is 29.8 Å². The maximum absolute atomic E-state index is 13.8. The molecule has 180 valence electrons. The molecule has 3 saturated heterocycles. The number of hydrogen-bond donors (Lipinski definition) is 4. The Morgan fingerprint density at radius 2 is 1.97 bits per heavy atom. The van der Waals surface area contributed by atoms with Crippen molar-refractivity contribution in [2.45, 2.75) is 56.3 Å². The molecular weight excluding hydrogens is 436 g/mol. The van der Waals surface area contributed by atoms with Gasteiger partial charge in [0.2, 0.25) is 11.8 Å². The summed E-state index contributed by atoms with van der Waals surface area (Å²) < 4.78 is 26.8. The average Bonchev–Trinajstić information content (AvgIpc) is 3.20. The summed E-state index contributed by atoms with van der Waals surface area (Å²) in [7, 11) is 0. The third-order valence-corrected chi connectivity index (χ3v) is 6.65. The molecule has 3 aliphatic heterocycles. The highest BCUT2D eigenvalue weighted by molar-refractivity contribution is 5.90. The smallest absolute Gasteiger partial charge is 0.319 e. The number of nitrogens with one attached hydrogen (secondary N) is 3. The van der Waals surface area contributed by atoms with Crippen LogP contribution in [-0.4, -0.2) is 83.2 Å². The molecule has 1 aromatic carbocycles. The molecule has 0 aromatic heterocycles. The molecule has 9 nitrogen and oxygen atoms in total. The first-order chi connectivity index (χ1) is 15.8. The van der Waals surface area contributed by atoms with E-state index in [0.717, 1.165) is 12.1 Å². The van der Waals surface area contributed by atoms with Crippen LogP contribution in [-0.2, 0) is 9.59 Å². The second-order valence-corrected chi connectivity index (χ2v) is 8.92. The van der Waals surface area contributed by atoms with E-state index in [0.29, 0.717) is 64.3 Å². The van der Waals surface area contributed by atoms with Crippen LogP contribution in [0.2, 0.25) is 0 Å². The van der Waals surface area contributed by atoms with Crippen molar-refractivity contribution in [2.75, 3.05) is 31.5 Å². The fourth-order valence-electron chi connectivity index (χ4n) is 4.85. The van der Waals surface area contributed by atoms with Gasteiger partial charge in [-0.15, -0.1) is 0 Å². The van der Waals surface area contributed by atoms with Crippen molar-refractivity contribution in [2.24, 2.45) is 0 Å². The largest absolute Gasteiger partial charge is 0.393 e. The summed E-state index contributed by atoms with van der Waals surface area (Å²) in [6.45, 7) is 1.99. The van der Waals surface area contributed by atoms with E-state index < -0.39 is 23.7 Å². The number of urea groups is 1. The number of piperazine rings is 1. The minimum atomic E-state index is -0.874. The lowest BCUT2D eigenvalue weighted by Crippen LogP contribution is -2.58. The number of piperidine rings is 1. The van der Waals surface area contributed by atoms with Crippen LogP contribution in [0.3, 0.4) is 0 Å². The van der Waals surface area contributed by atoms with E-state index in [9.17, 15) is 28.3 Å². The zero-order chi connectivity index (χ0) is 23.5. The van der Waals surface area contributed by atoms with E-state index in [-0.39, 0.29) is 35.7 Å². The maximum Gasteiger partial charge on any atom is 0.319 e. The summed E-state index contributed by atoms with van der Waals surface area (Å²) in [6, 6.07) is 1.48. The predicted molar refractivity (Wildman–Crippen MR) is 115 cm³/mol. The number of aliphatic hydroxyl groups is 1. The molecule has 3 atom stereocenters. The topological polar surface area (TPSA) is 114 Å². The van der Waals surface area contributed by atoms with Gasteiger partial charge >= 0.3 is 6.03 Å². The summed E-state index contributed by atoms with van der Waals surface area (Å²) in [4.78, 5) is 41.0. The molecule has 11 heteroatoms. The lowest BCUT2D eigenvalue weighted by atomic mass is 10.0. The molecule has 0 bridgehead atoms. The van der Waals surface area contributed by atoms with Gasteiger partial charge in [0.25, 0.3) is 0 Å². The van der Waals surface area contributed by atoms with E-state index in [1.54, 1.807) is 4.90 Å². The first-order valence-corrected chi connectivity index (χ1v) is 11.3. The van der Waals surface area contributed by atoms with Crippen molar-refractivity contribution in [3.63, 3.8) is 0 Å². The third kappa shape index (κ3) is 5.59. The molecule has 3 fully saturated rings. The van der Waals surface area contributed by atoms with Gasteiger partial charge in [0.15, 0.2) is 0 Å². The van der Waals surface area contributed by atoms with E-state index in [2.05, 4.69) is 16.0 Å². The fraction of sp³-hybridized carbons (Fsp3) is 0.591. The van der Waals surface area contributed by atoms with E-state index >= 15 is 0 Å². The van der Waals surface area contributed by atoms with Gasteiger partial charge in [0, 0.05) is 50.7 Å². The number of anilines is 1. The Morgan fingerprint density at radius 1 is 1.21 bits per heavy atom. The van der Waals surface area contributed by atoms with E-state index in [4.69, 9.17) is 0 Å². The number of likely N-dealkylation sites (tertiary alicyclic amines) is 1. The summed E-state index contributed by atoms with van der Waals surface area (Å²) in [5.41, 5.74) is -0.135. The summed E-state index contributed by atoms with van der Waals surface area (Å²) in [5, 5.41) is 17.6. The van der Waals surface area contributed by atoms with Gasteiger partial charge in [0.1, 0.15) is 11.6 Å². The summed E-state index contributed by atoms with van der Waals surface area (Å²) in [5.74, 6) is -1.68. The predicted octanol–water partition coefficient (Wildman–Crippen LogP) is 0.791. The Bertz CT molecular complexity index is 909. The van der Waals surface area contributed by atoms with Crippen molar-refractivity contribution < 1.29 is 28.3 Å². The monoisotopic (exact) mass is 465 g/mol. The lowest BCUT2D eigenvalue weighted by molar-refractivity contribution is -0.134. The van der Waals surface area contributed by atoms with Gasteiger partial charge in [-0.05, 0) is 37.8 Å². The highest BCUT2D eigenvalue weighted by atomic mass is 19.1. The van der Waals surface area contributed by atoms with Gasteiger partial charge < -0.3 is 26.0 Å². The lowest BCUT2D eigenvalue weighted by Gasteiger charge is -2.37. The molecule has 4 N–H and O–H groups in total. The van der Waals surface area contributed by atoms with Crippen LogP contribution < -0.4 is 16.0 Å². The van der Waals surface area contributed by atoms with Gasteiger partial charge in [0.05, 0.1) is 17.8 Å². The van der Waals surface area contributed by atoms with Crippen LogP contribution in [0.5, 0.6) is 0 Å². The Kier molecular flexibility index (Phi) is 7.08. The molecule has 0 spiro atoms. The minimum Gasteiger partial charge on any atom is -0.393 e. The van der Waals surface area contributed by atoms with Crippen LogP contribution in [0, 0.1) is 11.6 Å². The highest BCUT2D eigenvalue weighted by Crippen LogP contribution is 2.26. The molecule has 4 rings (SSSR count). The number of aliphatic hydroxyl groups excluding tert-OH is 1. The number of halogens is 2. The molecule has 1 aromatic rings. The first kappa shape index (κ1) is 23.4. The second-order valence-electron chi connectivity index (χ2n) is 8.92. The Labute approximate surface area is 190 Å². The zero-order valence-electron chi connectivity index (χ0n) is 18.2. The zero-order valence-corrected chi connectivity index (χ0v) is 18.2. The number of carbonyl (C=O) groups is 3. The van der Waals surface area contributed by atoms with Crippen molar-refractivity contribution in [1.29, 1.82) is 0 Å². The quantitative estimate of drug-likeness (QED) is 0.514. The number of benzene rings is 1. The molecular formula is C22H29F2N5O4. The van der Waals surface area contributed by atoms with Crippen LogP contribution >= 0.6 is 0 Å². The number of carbonyl (C=O) groups excluding carboxylic acids is 3. The van der Waals surface area contributed by atoms with Crippen molar-refractivity contribution >= 4 is 23.5 Å². The molecule has 4 amide bonds. The Hall–Kier alpha value is -2.79. The summed E-state index contributed by atoms with van der Waals surface area (Å²) >= 11 is 0. The number of fused-ring (bicyclic) bond motifs is 1. The highest BCUT2D eigenvalue weighted by Gasteiger charge is 2.44. The normalized spacial score (nSPS) is 26.0. The van der Waals surface area contributed by atoms with E-state index in [1.165, 1.54) is 0 Å². The third-order valence-electron chi connectivity index (χ3n) is 6.65. The minimum absolute atomic E-state index is 0.0311. The standard InChI is InChI=1S/C22H29F2N5O4/c23-13-1-3-18(17(24)9-13)27-22(33)26-14-10-19-21(32)25-11-15(29(19)12-14)2-4-20(31)28-7-5-16(30)6-8-28/h1,3,9,14-16,19,30H,2,4-8,10-12H2,(H,25,32)(H2,26,27,33)/t14-,15+,19-/m0/s1. The molecule has 0 saturated carbocycles. The van der Waals surface area contributed by atoms with Crippen LogP contribution in [0.4, 0.5) is 19.3 Å². The number of nitrogens with zero attached hydrogens (tertiary/aromatic N) is 2. The first-order valence-electron chi connectivity index (χ1n) is 11.3. The Morgan fingerprint density at radius 3 is 2.70 bits per heavy atom. The maximum atomic E-state index is 13.8. The fourth-order valence-corrected chi connectivity index (χ4v) is 4.85. The number of rotatable bonds is 5. The van der Waals surface area contributed by atoms with Gasteiger partial charge in [-0.2, -0.15) is 0 Å². The second kappa shape index (κ2) is 10.0. The molecule has 33 heavy (non-hydrogen) atoms. The molecule has 0 radical (unpaired) electrons. The molecule has 3 aliphatic rings. The Balaban J connectivity index is 1.30.